The molecule has 2 unspecified atom stereocenters. The monoisotopic (exact) mass is 235 g/mol. The summed E-state index contributed by atoms with van der Waals surface area (Å²) >= 11 is 0. The predicted octanol–water partition coefficient (Wildman–Crippen LogP) is 2.35. The molecule has 2 atom stereocenters. The average molecular weight is 235 g/mol. The Morgan fingerprint density at radius 1 is 1.24 bits per heavy atom. The highest BCUT2D eigenvalue weighted by atomic mass is 16.7. The Balaban J connectivity index is 1.82. The number of aliphatic hydroxyl groups is 1. The number of likely N-dealkylation sites (N-methyl/N-ethyl adjacent to an activating group) is 1. The van der Waals surface area contributed by atoms with Crippen LogP contribution in [0, 0.1) is 0 Å². The van der Waals surface area contributed by atoms with Crippen molar-refractivity contribution in [3.63, 3.8) is 0 Å². The molecule has 0 aromatic heterocycles. The van der Waals surface area contributed by atoms with Gasteiger partial charge in [0.15, 0.2) is 0 Å². The molecule has 1 aliphatic carbocycles. The topological polar surface area (TPSA) is 32.7 Å². The fraction of sp³-hybridized carbons (Fsp3) is 0.571. The van der Waals surface area contributed by atoms with Gasteiger partial charge in [0.1, 0.15) is 0 Å². The summed E-state index contributed by atoms with van der Waals surface area (Å²) in [5.74, 6) is 0. The predicted molar refractivity (Wildman–Crippen MR) is 67.3 cm³/mol. The summed E-state index contributed by atoms with van der Waals surface area (Å²) in [6, 6.07) is 10.3. The van der Waals surface area contributed by atoms with Crippen molar-refractivity contribution in [1.29, 1.82) is 0 Å². The summed E-state index contributed by atoms with van der Waals surface area (Å²) in [5, 5.41) is 11.7. The standard InChI is InChI=1S/C14H21NO2/c1-15(13-9-5-6-10-14(13)16)17-11-12-7-3-2-4-8-12/h2-4,7-8,13-14,16H,5-6,9-11H2,1H3. The third-order valence-corrected chi connectivity index (χ3v) is 3.44. The molecule has 94 valence electrons. The SMILES string of the molecule is CN(OCc1ccccc1)C1CCCCC1O. The first-order valence-electron chi connectivity index (χ1n) is 6.35. The average Bonchev–Trinajstić information content (AvgIpc) is 2.38. The van der Waals surface area contributed by atoms with Gasteiger partial charge < -0.3 is 5.11 Å². The molecule has 1 saturated carbocycles. The lowest BCUT2D eigenvalue weighted by molar-refractivity contribution is -0.203. The molecule has 0 saturated heterocycles. The van der Waals surface area contributed by atoms with Crippen LogP contribution in [-0.4, -0.2) is 29.4 Å². The summed E-state index contributed by atoms with van der Waals surface area (Å²) in [6.45, 7) is 0.570. The normalized spacial score (nSPS) is 25.1. The van der Waals surface area contributed by atoms with E-state index in [0.29, 0.717) is 6.61 Å². The Kier molecular flexibility index (Phi) is 4.54. The number of rotatable bonds is 4. The molecule has 1 fully saturated rings. The zero-order chi connectivity index (χ0) is 12.1. The largest absolute Gasteiger partial charge is 0.391 e. The number of benzene rings is 1. The van der Waals surface area contributed by atoms with Crippen molar-refractivity contribution < 1.29 is 9.94 Å². The maximum atomic E-state index is 9.91. The first-order valence-corrected chi connectivity index (χ1v) is 6.35. The molecule has 0 amide bonds. The van der Waals surface area contributed by atoms with Gasteiger partial charge >= 0.3 is 0 Å². The third-order valence-electron chi connectivity index (χ3n) is 3.44. The Labute approximate surface area is 103 Å². The minimum Gasteiger partial charge on any atom is -0.391 e. The lowest BCUT2D eigenvalue weighted by atomic mass is 9.92. The van der Waals surface area contributed by atoms with Crippen LogP contribution in [0.3, 0.4) is 0 Å². The molecule has 2 rings (SSSR count). The van der Waals surface area contributed by atoms with E-state index >= 15 is 0 Å². The van der Waals surface area contributed by atoms with Crippen molar-refractivity contribution >= 4 is 0 Å². The highest BCUT2D eigenvalue weighted by Crippen LogP contribution is 2.22. The molecule has 3 nitrogen and oxygen atoms in total. The van der Waals surface area contributed by atoms with E-state index in [-0.39, 0.29) is 12.1 Å². The Morgan fingerprint density at radius 2 is 1.94 bits per heavy atom. The van der Waals surface area contributed by atoms with E-state index in [1.54, 1.807) is 0 Å². The number of hydrogen-bond donors (Lipinski definition) is 1. The Morgan fingerprint density at radius 3 is 2.65 bits per heavy atom. The maximum absolute atomic E-state index is 9.91. The molecule has 1 aromatic carbocycles. The summed E-state index contributed by atoms with van der Waals surface area (Å²) < 4.78 is 0. The second-order valence-electron chi connectivity index (χ2n) is 4.72. The molecule has 1 N–H and O–H groups in total. The van der Waals surface area contributed by atoms with Crippen molar-refractivity contribution in [2.24, 2.45) is 0 Å². The molecule has 1 aromatic rings. The van der Waals surface area contributed by atoms with Crippen molar-refractivity contribution in [1.82, 2.24) is 5.06 Å². The van der Waals surface area contributed by atoms with Gasteiger partial charge in [-0.15, -0.1) is 0 Å². The second-order valence-corrected chi connectivity index (χ2v) is 4.72. The van der Waals surface area contributed by atoms with Crippen LogP contribution < -0.4 is 0 Å². The molecule has 3 heteroatoms. The van der Waals surface area contributed by atoms with Crippen molar-refractivity contribution in [3.8, 4) is 0 Å². The van der Waals surface area contributed by atoms with Crippen molar-refractivity contribution in [3.05, 3.63) is 35.9 Å². The zero-order valence-electron chi connectivity index (χ0n) is 10.4. The van der Waals surface area contributed by atoms with Gasteiger partial charge in [0, 0.05) is 7.05 Å². The highest BCUT2D eigenvalue weighted by Gasteiger charge is 2.27. The number of aliphatic hydroxyl groups excluding tert-OH is 1. The minimum atomic E-state index is -0.246. The number of hydrogen-bond acceptors (Lipinski definition) is 3. The molecule has 0 bridgehead atoms. The van der Waals surface area contributed by atoms with E-state index in [9.17, 15) is 5.11 Å². The smallest absolute Gasteiger partial charge is 0.0935 e. The zero-order valence-corrected chi connectivity index (χ0v) is 10.4. The molecular weight excluding hydrogens is 214 g/mol. The van der Waals surface area contributed by atoms with Crippen molar-refractivity contribution in [2.45, 2.75) is 44.4 Å². The molecule has 0 heterocycles. The fourth-order valence-corrected chi connectivity index (χ4v) is 2.36. The van der Waals surface area contributed by atoms with Crippen molar-refractivity contribution in [2.75, 3.05) is 7.05 Å². The number of nitrogens with zero attached hydrogens (tertiary/aromatic N) is 1. The van der Waals surface area contributed by atoms with E-state index in [0.717, 1.165) is 24.8 Å². The van der Waals surface area contributed by atoms with Gasteiger partial charge in [-0.3, -0.25) is 4.84 Å². The van der Waals surface area contributed by atoms with E-state index in [1.165, 1.54) is 6.42 Å². The minimum absolute atomic E-state index is 0.146. The molecule has 17 heavy (non-hydrogen) atoms. The Bertz CT molecular complexity index is 328. The van der Waals surface area contributed by atoms with Crippen LogP contribution in [0.4, 0.5) is 0 Å². The van der Waals surface area contributed by atoms with Crippen LogP contribution >= 0.6 is 0 Å². The fourth-order valence-electron chi connectivity index (χ4n) is 2.36. The summed E-state index contributed by atoms with van der Waals surface area (Å²) in [5.41, 5.74) is 1.16. The van der Waals surface area contributed by atoms with Crippen LogP contribution in [0.2, 0.25) is 0 Å². The van der Waals surface area contributed by atoms with Gasteiger partial charge in [-0.05, 0) is 18.4 Å². The molecule has 0 spiro atoms. The number of hydroxylamine groups is 2. The van der Waals surface area contributed by atoms with E-state index in [1.807, 2.05) is 42.4 Å². The van der Waals surface area contributed by atoms with Crippen LogP contribution in [0.15, 0.2) is 30.3 Å². The lowest BCUT2D eigenvalue weighted by Gasteiger charge is -2.34. The van der Waals surface area contributed by atoms with E-state index in [2.05, 4.69) is 0 Å². The summed E-state index contributed by atoms with van der Waals surface area (Å²) in [7, 11) is 1.92. The van der Waals surface area contributed by atoms with E-state index in [4.69, 9.17) is 4.84 Å². The van der Waals surface area contributed by atoms with Gasteiger partial charge in [0.25, 0.3) is 0 Å². The summed E-state index contributed by atoms with van der Waals surface area (Å²) in [6.07, 6.45) is 3.98. The summed E-state index contributed by atoms with van der Waals surface area (Å²) in [4.78, 5) is 5.71. The van der Waals surface area contributed by atoms with E-state index < -0.39 is 0 Å². The molecule has 1 aliphatic rings. The van der Waals surface area contributed by atoms with Gasteiger partial charge in [0.2, 0.25) is 0 Å². The first-order chi connectivity index (χ1) is 8.27. The van der Waals surface area contributed by atoms with Crippen LogP contribution in [0.5, 0.6) is 0 Å². The molecular formula is C14H21NO2. The quantitative estimate of drug-likeness (QED) is 0.813. The lowest BCUT2D eigenvalue weighted by Crippen LogP contribution is -2.43. The molecule has 0 aliphatic heterocycles. The van der Waals surface area contributed by atoms with Gasteiger partial charge in [-0.1, -0.05) is 43.2 Å². The van der Waals surface area contributed by atoms with Crippen LogP contribution in [-0.2, 0) is 11.4 Å². The maximum Gasteiger partial charge on any atom is 0.0935 e. The molecule has 0 radical (unpaired) electrons. The van der Waals surface area contributed by atoms with Crippen LogP contribution in [0.1, 0.15) is 31.2 Å². The second kappa shape index (κ2) is 6.15. The highest BCUT2D eigenvalue weighted by molar-refractivity contribution is 5.13. The van der Waals surface area contributed by atoms with Gasteiger partial charge in [0.05, 0.1) is 18.8 Å². The van der Waals surface area contributed by atoms with Gasteiger partial charge in [-0.2, -0.15) is 5.06 Å². The Hall–Kier alpha value is -0.900. The third kappa shape index (κ3) is 3.53. The van der Waals surface area contributed by atoms with Gasteiger partial charge in [-0.25, -0.2) is 0 Å². The first kappa shape index (κ1) is 12.6. The van der Waals surface area contributed by atoms with Crippen LogP contribution in [0.25, 0.3) is 0 Å².